The number of nitrogens with one attached hydrogen (secondary N) is 1. The molecule has 0 unspecified atom stereocenters. The molecular weight excluding hydrogens is 386 g/mol. The molecule has 5 nitrogen and oxygen atoms in total. The van der Waals surface area contributed by atoms with Crippen LogP contribution in [0.25, 0.3) is 34.0 Å². The Hall–Kier alpha value is -4.12. The van der Waals surface area contributed by atoms with Crippen LogP contribution in [0.1, 0.15) is 17.0 Å². The lowest BCUT2D eigenvalue weighted by atomic mass is 10.1. The van der Waals surface area contributed by atoms with Crippen molar-refractivity contribution < 1.29 is 4.74 Å². The Kier molecular flexibility index (Phi) is 4.84. The van der Waals surface area contributed by atoms with Crippen molar-refractivity contribution in [1.29, 1.82) is 0 Å². The normalized spacial score (nSPS) is 11.5. The van der Waals surface area contributed by atoms with Gasteiger partial charge in [-0.15, -0.1) is 0 Å². The number of ether oxygens (including phenoxy) is 1. The molecule has 0 fully saturated rings. The van der Waals surface area contributed by atoms with Crippen LogP contribution in [0, 0.1) is 0 Å². The van der Waals surface area contributed by atoms with Crippen LogP contribution < -0.4 is 10.3 Å². The van der Waals surface area contributed by atoms with Crippen LogP contribution >= 0.6 is 0 Å². The Morgan fingerprint density at radius 2 is 1.77 bits per heavy atom. The molecule has 0 amide bonds. The first kappa shape index (κ1) is 18.9. The van der Waals surface area contributed by atoms with E-state index in [1.807, 2.05) is 91.1 Å². The Morgan fingerprint density at radius 1 is 0.968 bits per heavy atom. The molecule has 0 saturated heterocycles. The fourth-order valence-corrected chi connectivity index (χ4v) is 3.78. The summed E-state index contributed by atoms with van der Waals surface area (Å²) in [5.74, 6) is 1.41. The van der Waals surface area contributed by atoms with Crippen LogP contribution in [0.15, 0.2) is 83.8 Å². The van der Waals surface area contributed by atoms with Crippen LogP contribution in [-0.4, -0.2) is 21.6 Å². The van der Waals surface area contributed by atoms with Gasteiger partial charge in [-0.05, 0) is 48.0 Å². The van der Waals surface area contributed by atoms with Crippen molar-refractivity contribution in [3.8, 4) is 5.75 Å². The lowest BCUT2D eigenvalue weighted by Crippen LogP contribution is -2.24. The summed E-state index contributed by atoms with van der Waals surface area (Å²) < 4.78 is 7.09. The highest BCUT2D eigenvalue weighted by Gasteiger charge is 2.10. The predicted octanol–water partition coefficient (Wildman–Crippen LogP) is 5.11. The van der Waals surface area contributed by atoms with Gasteiger partial charge in [0.15, 0.2) is 0 Å². The SMILES string of the molecule is COc1ccc2[nH]cc(/C=C/c3nc4ccccc4c(=O)n3Cc3ccccc3)c2c1. The molecule has 0 aliphatic carbocycles. The maximum Gasteiger partial charge on any atom is 0.261 e. The minimum Gasteiger partial charge on any atom is -0.497 e. The summed E-state index contributed by atoms with van der Waals surface area (Å²) in [5.41, 5.74) is 3.72. The third-order valence-corrected chi connectivity index (χ3v) is 5.41. The number of H-pyrrole nitrogens is 1. The zero-order chi connectivity index (χ0) is 21.2. The van der Waals surface area contributed by atoms with Gasteiger partial charge >= 0.3 is 0 Å². The molecule has 31 heavy (non-hydrogen) atoms. The van der Waals surface area contributed by atoms with Crippen LogP contribution in [-0.2, 0) is 6.54 Å². The second kappa shape index (κ2) is 7.95. The first-order chi connectivity index (χ1) is 15.2. The van der Waals surface area contributed by atoms with Crippen molar-refractivity contribution in [2.45, 2.75) is 6.54 Å². The van der Waals surface area contributed by atoms with Gasteiger partial charge in [0, 0.05) is 22.7 Å². The molecule has 2 heterocycles. The topological polar surface area (TPSA) is 59.9 Å². The van der Waals surface area contributed by atoms with Crippen LogP contribution in [0.2, 0.25) is 0 Å². The summed E-state index contributed by atoms with van der Waals surface area (Å²) in [7, 11) is 1.66. The van der Waals surface area contributed by atoms with Gasteiger partial charge in [0.2, 0.25) is 0 Å². The number of methoxy groups -OCH3 is 1. The molecule has 0 radical (unpaired) electrons. The van der Waals surface area contributed by atoms with Crippen LogP contribution in [0.3, 0.4) is 0 Å². The third kappa shape index (κ3) is 3.62. The fraction of sp³-hybridized carbons (Fsp3) is 0.0769. The molecule has 5 aromatic rings. The number of aromatic amines is 1. The van der Waals surface area contributed by atoms with E-state index >= 15 is 0 Å². The minimum atomic E-state index is -0.0466. The number of fused-ring (bicyclic) bond motifs is 2. The number of hydrogen-bond acceptors (Lipinski definition) is 3. The van der Waals surface area contributed by atoms with Gasteiger partial charge in [0.05, 0.1) is 24.6 Å². The van der Waals surface area contributed by atoms with Gasteiger partial charge in [-0.1, -0.05) is 42.5 Å². The molecule has 0 aliphatic rings. The number of hydrogen-bond donors (Lipinski definition) is 1. The molecule has 2 aromatic heterocycles. The molecule has 0 saturated carbocycles. The highest BCUT2D eigenvalue weighted by molar-refractivity contribution is 5.92. The lowest BCUT2D eigenvalue weighted by molar-refractivity contribution is 0.415. The summed E-state index contributed by atoms with van der Waals surface area (Å²) in [6.07, 6.45) is 5.83. The van der Waals surface area contributed by atoms with Gasteiger partial charge in [-0.3, -0.25) is 9.36 Å². The van der Waals surface area contributed by atoms with Gasteiger partial charge in [0.1, 0.15) is 11.6 Å². The molecule has 3 aromatic carbocycles. The van der Waals surface area contributed by atoms with E-state index < -0.39 is 0 Å². The molecule has 152 valence electrons. The number of aromatic nitrogens is 3. The van der Waals surface area contributed by atoms with E-state index in [4.69, 9.17) is 9.72 Å². The molecule has 0 spiro atoms. The summed E-state index contributed by atoms with van der Waals surface area (Å²) in [6, 6.07) is 23.3. The fourth-order valence-electron chi connectivity index (χ4n) is 3.78. The molecule has 0 bridgehead atoms. The summed E-state index contributed by atoms with van der Waals surface area (Å²) in [4.78, 5) is 21.3. The first-order valence-electron chi connectivity index (χ1n) is 10.1. The Labute approximate surface area is 179 Å². The van der Waals surface area contributed by atoms with Crippen molar-refractivity contribution in [3.05, 3.63) is 106 Å². The van der Waals surface area contributed by atoms with Gasteiger partial charge < -0.3 is 9.72 Å². The lowest BCUT2D eigenvalue weighted by Gasteiger charge is -2.11. The number of rotatable bonds is 5. The van der Waals surface area contributed by atoms with E-state index in [-0.39, 0.29) is 5.56 Å². The van der Waals surface area contributed by atoms with Crippen molar-refractivity contribution >= 4 is 34.0 Å². The summed E-state index contributed by atoms with van der Waals surface area (Å²) >= 11 is 0. The first-order valence-corrected chi connectivity index (χ1v) is 10.1. The van der Waals surface area contributed by atoms with Crippen molar-refractivity contribution in [2.75, 3.05) is 7.11 Å². The highest BCUT2D eigenvalue weighted by atomic mass is 16.5. The van der Waals surface area contributed by atoms with Crippen molar-refractivity contribution in [3.63, 3.8) is 0 Å². The maximum absolute atomic E-state index is 13.3. The molecule has 5 rings (SSSR count). The van der Waals surface area contributed by atoms with Gasteiger partial charge in [0.25, 0.3) is 5.56 Å². The van der Waals surface area contributed by atoms with Gasteiger partial charge in [-0.2, -0.15) is 0 Å². The average molecular weight is 407 g/mol. The summed E-state index contributed by atoms with van der Waals surface area (Å²) in [6.45, 7) is 0.457. The molecule has 1 N–H and O–H groups in total. The van der Waals surface area contributed by atoms with E-state index in [9.17, 15) is 4.79 Å². The van der Waals surface area contributed by atoms with E-state index in [2.05, 4.69) is 4.98 Å². The average Bonchev–Trinajstić information content (AvgIpc) is 3.22. The van der Waals surface area contributed by atoms with E-state index in [1.54, 1.807) is 11.7 Å². The number of nitrogens with zero attached hydrogens (tertiary/aromatic N) is 2. The van der Waals surface area contributed by atoms with Crippen molar-refractivity contribution in [2.24, 2.45) is 0 Å². The van der Waals surface area contributed by atoms with Gasteiger partial charge in [-0.25, -0.2) is 4.98 Å². The Bertz CT molecular complexity index is 1460. The zero-order valence-electron chi connectivity index (χ0n) is 17.1. The predicted molar refractivity (Wildman–Crippen MR) is 125 cm³/mol. The standard InChI is InChI=1S/C26H21N3O2/c1-31-20-12-13-23-22(15-20)19(16-27-23)11-14-25-28-24-10-6-5-9-21(24)26(30)29(25)17-18-7-3-2-4-8-18/h2-16,27H,17H2,1H3/b14-11+. The van der Waals surface area contributed by atoms with E-state index in [0.717, 1.165) is 27.8 Å². The molecule has 0 aliphatic heterocycles. The monoisotopic (exact) mass is 407 g/mol. The minimum absolute atomic E-state index is 0.0466. The number of benzene rings is 3. The smallest absolute Gasteiger partial charge is 0.261 e. The number of para-hydroxylation sites is 1. The van der Waals surface area contributed by atoms with E-state index in [1.165, 1.54) is 0 Å². The quantitative estimate of drug-likeness (QED) is 0.441. The van der Waals surface area contributed by atoms with E-state index in [0.29, 0.717) is 23.3 Å². The molecule has 5 heteroatoms. The zero-order valence-corrected chi connectivity index (χ0v) is 17.1. The van der Waals surface area contributed by atoms with Crippen LogP contribution in [0.5, 0.6) is 5.75 Å². The summed E-state index contributed by atoms with van der Waals surface area (Å²) in [5, 5.41) is 1.67. The Morgan fingerprint density at radius 3 is 2.61 bits per heavy atom. The molecule has 0 atom stereocenters. The third-order valence-electron chi connectivity index (χ3n) is 5.41. The maximum atomic E-state index is 13.3. The van der Waals surface area contributed by atoms with Crippen molar-refractivity contribution in [1.82, 2.24) is 14.5 Å². The second-order valence-electron chi connectivity index (χ2n) is 7.35. The second-order valence-corrected chi connectivity index (χ2v) is 7.35. The molecular formula is C26H21N3O2. The highest BCUT2D eigenvalue weighted by Crippen LogP contribution is 2.25. The van der Waals surface area contributed by atoms with Crippen LogP contribution in [0.4, 0.5) is 0 Å². The largest absolute Gasteiger partial charge is 0.497 e. The Balaban J connectivity index is 1.63.